The minimum Gasteiger partial charge on any atom is -0.366 e. The van der Waals surface area contributed by atoms with E-state index in [1.165, 1.54) is 18.3 Å². The lowest BCUT2D eigenvalue weighted by molar-refractivity contribution is 0.100. The number of hydrogen-bond acceptors (Lipinski definition) is 3. The molecule has 36 heavy (non-hydrogen) atoms. The summed E-state index contributed by atoms with van der Waals surface area (Å²) >= 11 is 0. The molecule has 2 aliphatic rings. The van der Waals surface area contributed by atoms with E-state index in [0.717, 1.165) is 45.2 Å². The molecule has 0 bridgehead atoms. The summed E-state index contributed by atoms with van der Waals surface area (Å²) in [6, 6.07) is 3.78. The normalized spacial score (nSPS) is 19.1. The molecule has 0 saturated heterocycles. The molecule has 3 aromatic heterocycles. The zero-order chi connectivity index (χ0) is 25.3. The predicted octanol–water partition coefficient (Wildman–Crippen LogP) is 3.64. The monoisotopic (exact) mass is 488 g/mol. The Kier molecular flexibility index (Phi) is 4.86. The molecular weight excluding hydrogens is 466 g/mol. The maximum absolute atomic E-state index is 15.8. The summed E-state index contributed by atoms with van der Waals surface area (Å²) in [5, 5.41) is 0.547. The summed E-state index contributed by atoms with van der Waals surface area (Å²) in [5.74, 6) is -1.69. The van der Waals surface area contributed by atoms with Crippen molar-refractivity contribution in [2.24, 2.45) is 11.7 Å². The van der Waals surface area contributed by atoms with E-state index in [-0.39, 0.29) is 16.6 Å². The van der Waals surface area contributed by atoms with Crippen LogP contribution >= 0.6 is 0 Å². The molecule has 4 aromatic rings. The molecule has 182 valence electrons. The van der Waals surface area contributed by atoms with E-state index in [1.807, 2.05) is 0 Å². The first-order chi connectivity index (χ1) is 17.3. The lowest BCUT2D eigenvalue weighted by atomic mass is 9.85. The number of aromatic amines is 1. The molecule has 1 unspecified atom stereocenters. The molecule has 0 radical (unpaired) electrons. The first-order valence-corrected chi connectivity index (χ1v) is 11.7. The number of hydrogen-bond donors (Lipinski definition) is 2. The van der Waals surface area contributed by atoms with Gasteiger partial charge in [0.15, 0.2) is 0 Å². The van der Waals surface area contributed by atoms with Gasteiger partial charge in [-0.25, -0.2) is 18.1 Å². The fourth-order valence-electron chi connectivity index (χ4n) is 5.60. The number of aromatic nitrogens is 3. The van der Waals surface area contributed by atoms with Crippen LogP contribution in [0.3, 0.4) is 0 Å². The first kappa shape index (κ1) is 22.2. The summed E-state index contributed by atoms with van der Waals surface area (Å²) in [5.41, 5.74) is 6.96. The van der Waals surface area contributed by atoms with Crippen molar-refractivity contribution in [3.63, 3.8) is 0 Å². The largest absolute Gasteiger partial charge is 0.366 e. The molecule has 2 atom stereocenters. The third-order valence-electron chi connectivity index (χ3n) is 7.27. The number of halogens is 2. The van der Waals surface area contributed by atoms with Gasteiger partial charge in [-0.15, -0.1) is 0 Å². The maximum atomic E-state index is 15.8. The second-order valence-corrected chi connectivity index (χ2v) is 9.52. The van der Waals surface area contributed by atoms with Gasteiger partial charge in [-0.05, 0) is 54.5 Å². The zero-order valence-electron chi connectivity index (χ0n) is 19.3. The number of nitrogens with zero attached hydrogens (tertiary/aromatic N) is 2. The molecule has 0 saturated carbocycles. The van der Waals surface area contributed by atoms with Crippen LogP contribution in [0.5, 0.6) is 0 Å². The number of aryl methyl sites for hydroxylation is 1. The lowest BCUT2D eigenvalue weighted by Crippen LogP contribution is -2.39. The van der Waals surface area contributed by atoms with Crippen molar-refractivity contribution >= 4 is 27.9 Å². The minimum absolute atomic E-state index is 0.0508. The number of fused-ring (bicyclic) bond motifs is 4. The van der Waals surface area contributed by atoms with Gasteiger partial charge in [0.2, 0.25) is 0 Å². The number of pyridine rings is 1. The molecule has 1 aromatic carbocycles. The molecule has 7 nitrogen and oxygen atoms in total. The Balaban J connectivity index is 1.62. The number of amides is 1. The molecule has 0 spiro atoms. The standard InChI is InChI=1S/C27H22F2N4O3/c1-13-7-8-14-19(10-13)31-25-16(26(30)35)11-18(29)23(24(14)25)15-4-2-6-20(15)33-22(34)12-21-17(28)5-3-9-32(21)27(33)36/h2-6,9,11-13,20,31H,7-8,10H2,1H3,(H2,30,35)/t13-,20?/m0/s1. The molecule has 2 aliphatic carbocycles. The molecule has 3 heterocycles. The van der Waals surface area contributed by atoms with Crippen LogP contribution in [0.1, 0.15) is 46.6 Å². The fourth-order valence-corrected chi connectivity index (χ4v) is 5.60. The smallest absolute Gasteiger partial charge is 0.336 e. The van der Waals surface area contributed by atoms with Crippen LogP contribution in [-0.2, 0) is 12.8 Å². The average Bonchev–Trinajstić information content (AvgIpc) is 3.44. The summed E-state index contributed by atoms with van der Waals surface area (Å²) in [6.07, 6.45) is 8.65. The van der Waals surface area contributed by atoms with Crippen molar-refractivity contribution < 1.29 is 13.6 Å². The maximum Gasteiger partial charge on any atom is 0.336 e. The van der Waals surface area contributed by atoms with Crippen LogP contribution in [0.25, 0.3) is 22.0 Å². The predicted molar refractivity (Wildman–Crippen MR) is 132 cm³/mol. The van der Waals surface area contributed by atoms with Gasteiger partial charge in [0.1, 0.15) is 11.6 Å². The van der Waals surface area contributed by atoms with E-state index in [4.69, 9.17) is 5.73 Å². The van der Waals surface area contributed by atoms with Crippen molar-refractivity contribution in [2.75, 3.05) is 0 Å². The molecule has 9 heteroatoms. The van der Waals surface area contributed by atoms with Gasteiger partial charge >= 0.3 is 5.69 Å². The summed E-state index contributed by atoms with van der Waals surface area (Å²) in [7, 11) is 0. The Labute approximate surface area is 203 Å². The number of benzene rings is 1. The molecule has 3 N–H and O–H groups in total. The molecular formula is C27H22F2N4O3. The van der Waals surface area contributed by atoms with Gasteiger partial charge in [-0.3, -0.25) is 14.0 Å². The highest BCUT2D eigenvalue weighted by Crippen LogP contribution is 2.42. The average molecular weight is 488 g/mol. The highest BCUT2D eigenvalue weighted by molar-refractivity contribution is 6.10. The van der Waals surface area contributed by atoms with Crippen LogP contribution in [0.15, 0.2) is 58.3 Å². The van der Waals surface area contributed by atoms with Crippen molar-refractivity contribution in [1.82, 2.24) is 14.0 Å². The summed E-state index contributed by atoms with van der Waals surface area (Å²) < 4.78 is 32.1. The van der Waals surface area contributed by atoms with Crippen molar-refractivity contribution in [3.05, 3.63) is 104 Å². The van der Waals surface area contributed by atoms with E-state index >= 15 is 4.39 Å². The Bertz CT molecular complexity index is 1790. The van der Waals surface area contributed by atoms with Crippen LogP contribution in [0, 0.1) is 17.6 Å². The van der Waals surface area contributed by atoms with Crippen molar-refractivity contribution in [2.45, 2.75) is 32.2 Å². The quantitative estimate of drug-likeness (QED) is 0.460. The second kappa shape index (κ2) is 7.87. The molecule has 1 amide bonds. The highest BCUT2D eigenvalue weighted by Gasteiger charge is 2.31. The number of nitrogens with one attached hydrogen (secondary N) is 1. The highest BCUT2D eigenvalue weighted by atomic mass is 19.1. The van der Waals surface area contributed by atoms with E-state index in [0.29, 0.717) is 28.8 Å². The van der Waals surface area contributed by atoms with Crippen LogP contribution < -0.4 is 17.0 Å². The Morgan fingerprint density at radius 2 is 2.00 bits per heavy atom. The van der Waals surface area contributed by atoms with Gasteiger partial charge < -0.3 is 10.7 Å². The van der Waals surface area contributed by atoms with Crippen LogP contribution in [-0.4, -0.2) is 19.9 Å². The third-order valence-corrected chi connectivity index (χ3v) is 7.27. The van der Waals surface area contributed by atoms with E-state index in [1.54, 1.807) is 18.2 Å². The topological polar surface area (TPSA) is 102 Å². The molecule has 0 fully saturated rings. The van der Waals surface area contributed by atoms with Crippen molar-refractivity contribution in [3.8, 4) is 0 Å². The van der Waals surface area contributed by atoms with Gasteiger partial charge in [-0.2, -0.15) is 0 Å². The number of rotatable bonds is 3. The van der Waals surface area contributed by atoms with Crippen molar-refractivity contribution in [1.29, 1.82) is 0 Å². The van der Waals surface area contributed by atoms with E-state index in [2.05, 4.69) is 11.9 Å². The van der Waals surface area contributed by atoms with Crippen LogP contribution in [0.4, 0.5) is 8.78 Å². The van der Waals surface area contributed by atoms with Gasteiger partial charge in [0.05, 0.1) is 22.6 Å². The van der Waals surface area contributed by atoms with Gasteiger partial charge in [0, 0.05) is 28.9 Å². The summed E-state index contributed by atoms with van der Waals surface area (Å²) in [4.78, 5) is 41.9. The van der Waals surface area contributed by atoms with Crippen LogP contribution in [0.2, 0.25) is 0 Å². The fraction of sp³-hybridized carbons (Fsp3) is 0.222. The first-order valence-electron chi connectivity index (χ1n) is 11.7. The number of carbonyl (C=O) groups excluding carboxylic acids is 1. The van der Waals surface area contributed by atoms with Gasteiger partial charge in [-0.1, -0.05) is 25.2 Å². The number of primary amides is 1. The second-order valence-electron chi connectivity index (χ2n) is 9.52. The zero-order valence-corrected chi connectivity index (χ0v) is 19.3. The number of H-pyrrole nitrogens is 1. The van der Waals surface area contributed by atoms with E-state index in [9.17, 15) is 18.8 Å². The lowest BCUT2D eigenvalue weighted by Gasteiger charge is -2.21. The SMILES string of the molecule is C[C@H]1CCc2c([nH]c3c(C(N)=O)cc(F)c(C4=CC=CC4n4c(=O)cc5c(F)cccn5c4=O)c23)C1. The number of nitrogens with two attached hydrogens (primary N) is 1. The Hall–Kier alpha value is -4.27. The third kappa shape index (κ3) is 3.12. The molecule has 6 rings (SSSR count). The van der Waals surface area contributed by atoms with Gasteiger partial charge in [0.25, 0.3) is 11.5 Å². The Morgan fingerprint density at radius 1 is 1.19 bits per heavy atom. The molecule has 0 aliphatic heterocycles. The number of allylic oxidation sites excluding steroid dienone is 4. The minimum atomic E-state index is -0.921. The number of carbonyl (C=O) groups is 1. The Morgan fingerprint density at radius 3 is 2.78 bits per heavy atom. The summed E-state index contributed by atoms with van der Waals surface area (Å²) in [6.45, 7) is 2.13. The van der Waals surface area contributed by atoms with E-state index < -0.39 is 34.8 Å².